The van der Waals surface area contributed by atoms with Gasteiger partial charge in [0.1, 0.15) is 5.56 Å². The highest BCUT2D eigenvalue weighted by molar-refractivity contribution is 5.93. The molecular weight excluding hydrogens is 278 g/mol. The van der Waals surface area contributed by atoms with E-state index < -0.39 is 0 Å². The molecule has 5 nitrogen and oxygen atoms in total. The van der Waals surface area contributed by atoms with Crippen LogP contribution in [0.4, 0.5) is 0 Å². The van der Waals surface area contributed by atoms with Crippen molar-refractivity contribution in [2.24, 2.45) is 0 Å². The SMILES string of the molecule is CNC(=O)c1cc(C)cn(Cc2cccc3[nH]ccc23)c1=O. The van der Waals surface area contributed by atoms with E-state index in [2.05, 4.69) is 10.3 Å². The molecule has 22 heavy (non-hydrogen) atoms. The number of benzene rings is 1. The topological polar surface area (TPSA) is 66.9 Å². The van der Waals surface area contributed by atoms with Gasteiger partial charge in [0.25, 0.3) is 11.5 Å². The van der Waals surface area contributed by atoms with Crippen LogP contribution in [0.15, 0.2) is 47.5 Å². The number of nitrogens with zero attached hydrogens (tertiary/aromatic N) is 1. The number of aromatic nitrogens is 2. The number of carbonyl (C=O) groups excluding carboxylic acids is 1. The molecule has 0 aliphatic rings. The molecule has 2 heterocycles. The van der Waals surface area contributed by atoms with Crippen LogP contribution >= 0.6 is 0 Å². The molecule has 0 saturated heterocycles. The van der Waals surface area contributed by atoms with Crippen molar-refractivity contribution in [1.29, 1.82) is 0 Å². The number of aryl methyl sites for hydroxylation is 1. The summed E-state index contributed by atoms with van der Waals surface area (Å²) in [5, 5.41) is 3.59. The van der Waals surface area contributed by atoms with Gasteiger partial charge in [0.2, 0.25) is 0 Å². The Bertz CT molecular complexity index is 906. The third-order valence-corrected chi connectivity index (χ3v) is 3.72. The molecule has 0 bridgehead atoms. The zero-order chi connectivity index (χ0) is 15.7. The zero-order valence-electron chi connectivity index (χ0n) is 12.5. The molecule has 3 aromatic rings. The molecule has 2 N–H and O–H groups in total. The lowest BCUT2D eigenvalue weighted by molar-refractivity contribution is 0.0961. The summed E-state index contributed by atoms with van der Waals surface area (Å²) < 4.78 is 1.58. The van der Waals surface area contributed by atoms with Crippen molar-refractivity contribution in [3.63, 3.8) is 0 Å². The lowest BCUT2D eigenvalue weighted by Crippen LogP contribution is -2.31. The van der Waals surface area contributed by atoms with Crippen molar-refractivity contribution in [2.75, 3.05) is 7.05 Å². The zero-order valence-corrected chi connectivity index (χ0v) is 12.5. The van der Waals surface area contributed by atoms with Gasteiger partial charge in [-0.2, -0.15) is 0 Å². The van der Waals surface area contributed by atoms with Gasteiger partial charge in [-0.05, 0) is 36.2 Å². The number of nitrogens with one attached hydrogen (secondary N) is 2. The van der Waals surface area contributed by atoms with E-state index in [1.807, 2.05) is 37.4 Å². The summed E-state index contributed by atoms with van der Waals surface area (Å²) in [6, 6.07) is 9.55. The Hall–Kier alpha value is -2.82. The Morgan fingerprint density at radius 2 is 2.14 bits per heavy atom. The fraction of sp³-hybridized carbons (Fsp3) is 0.176. The highest BCUT2D eigenvalue weighted by atomic mass is 16.2. The highest BCUT2D eigenvalue weighted by Crippen LogP contribution is 2.18. The van der Waals surface area contributed by atoms with Gasteiger partial charge in [-0.3, -0.25) is 9.59 Å². The monoisotopic (exact) mass is 295 g/mol. The number of hydrogen-bond acceptors (Lipinski definition) is 2. The summed E-state index contributed by atoms with van der Waals surface area (Å²) in [6.45, 7) is 2.30. The number of fused-ring (bicyclic) bond motifs is 1. The summed E-state index contributed by atoms with van der Waals surface area (Å²) >= 11 is 0. The van der Waals surface area contributed by atoms with Crippen molar-refractivity contribution < 1.29 is 4.79 Å². The van der Waals surface area contributed by atoms with Crippen molar-refractivity contribution in [3.8, 4) is 0 Å². The van der Waals surface area contributed by atoms with Crippen LogP contribution in [0.2, 0.25) is 0 Å². The summed E-state index contributed by atoms with van der Waals surface area (Å²) in [5.41, 5.74) is 2.83. The first kappa shape index (κ1) is 14.1. The summed E-state index contributed by atoms with van der Waals surface area (Å²) in [5.74, 6) is -0.359. The normalized spacial score (nSPS) is 10.8. The molecule has 0 atom stereocenters. The first-order valence-corrected chi connectivity index (χ1v) is 7.08. The molecule has 2 aromatic heterocycles. The van der Waals surface area contributed by atoms with Crippen LogP contribution in [-0.2, 0) is 6.54 Å². The van der Waals surface area contributed by atoms with E-state index >= 15 is 0 Å². The van der Waals surface area contributed by atoms with Crippen molar-refractivity contribution in [1.82, 2.24) is 14.9 Å². The molecule has 1 aromatic carbocycles. The molecule has 5 heteroatoms. The number of hydrogen-bond donors (Lipinski definition) is 2. The van der Waals surface area contributed by atoms with E-state index in [9.17, 15) is 9.59 Å². The fourth-order valence-corrected chi connectivity index (χ4v) is 2.67. The van der Waals surface area contributed by atoms with Gasteiger partial charge in [-0.1, -0.05) is 12.1 Å². The standard InChI is InChI=1S/C17H17N3O2/c1-11-8-14(16(21)18-2)17(22)20(9-11)10-12-4-3-5-15-13(12)6-7-19-15/h3-9,19H,10H2,1-2H3,(H,18,21). The molecule has 0 aliphatic carbocycles. The van der Waals surface area contributed by atoms with Gasteiger partial charge in [0.15, 0.2) is 0 Å². The van der Waals surface area contributed by atoms with Gasteiger partial charge in [0.05, 0.1) is 6.54 Å². The molecule has 1 amide bonds. The number of rotatable bonds is 3. The first-order chi connectivity index (χ1) is 10.6. The van der Waals surface area contributed by atoms with E-state index in [4.69, 9.17) is 0 Å². The van der Waals surface area contributed by atoms with Crippen molar-refractivity contribution in [3.05, 3.63) is 69.8 Å². The van der Waals surface area contributed by atoms with Gasteiger partial charge >= 0.3 is 0 Å². The number of H-pyrrole nitrogens is 1. The number of pyridine rings is 1. The maximum absolute atomic E-state index is 12.5. The van der Waals surface area contributed by atoms with Gasteiger partial charge < -0.3 is 14.9 Å². The molecule has 0 radical (unpaired) electrons. The third kappa shape index (κ3) is 2.41. The Morgan fingerprint density at radius 3 is 2.91 bits per heavy atom. The van der Waals surface area contributed by atoms with Gasteiger partial charge in [0, 0.05) is 30.3 Å². The average Bonchev–Trinajstić information content (AvgIpc) is 2.99. The molecular formula is C17H17N3O2. The maximum atomic E-state index is 12.5. The third-order valence-electron chi connectivity index (χ3n) is 3.72. The van der Waals surface area contributed by atoms with E-state index in [1.165, 1.54) is 7.05 Å². The van der Waals surface area contributed by atoms with Crippen LogP contribution in [0.5, 0.6) is 0 Å². The summed E-state index contributed by atoms with van der Waals surface area (Å²) in [7, 11) is 1.52. The van der Waals surface area contributed by atoms with Crippen LogP contribution in [0.3, 0.4) is 0 Å². The van der Waals surface area contributed by atoms with Crippen molar-refractivity contribution >= 4 is 16.8 Å². The minimum Gasteiger partial charge on any atom is -0.361 e. The Kier molecular flexibility index (Phi) is 3.55. The average molecular weight is 295 g/mol. The predicted molar refractivity (Wildman–Crippen MR) is 86.2 cm³/mol. The largest absolute Gasteiger partial charge is 0.361 e. The Balaban J connectivity index is 2.09. The lowest BCUT2D eigenvalue weighted by atomic mass is 10.1. The van der Waals surface area contributed by atoms with E-state index in [0.717, 1.165) is 22.0 Å². The second-order valence-corrected chi connectivity index (χ2v) is 5.30. The van der Waals surface area contributed by atoms with E-state index in [0.29, 0.717) is 6.54 Å². The summed E-state index contributed by atoms with van der Waals surface area (Å²) in [6.07, 6.45) is 3.66. The van der Waals surface area contributed by atoms with Gasteiger partial charge in [-0.25, -0.2) is 0 Å². The van der Waals surface area contributed by atoms with Crippen LogP contribution in [0, 0.1) is 6.92 Å². The predicted octanol–water partition coefficient (Wildman–Crippen LogP) is 2.05. The van der Waals surface area contributed by atoms with Crippen molar-refractivity contribution in [2.45, 2.75) is 13.5 Å². The molecule has 0 unspecified atom stereocenters. The molecule has 3 rings (SSSR count). The second kappa shape index (κ2) is 5.52. The highest BCUT2D eigenvalue weighted by Gasteiger charge is 2.13. The lowest BCUT2D eigenvalue weighted by Gasteiger charge is -2.10. The Morgan fingerprint density at radius 1 is 1.32 bits per heavy atom. The Labute approximate surface area is 127 Å². The van der Waals surface area contributed by atoms with Crippen LogP contribution in [-0.4, -0.2) is 22.5 Å². The minimum absolute atomic E-state index is 0.170. The maximum Gasteiger partial charge on any atom is 0.263 e. The fourth-order valence-electron chi connectivity index (χ4n) is 2.67. The van der Waals surface area contributed by atoms with Gasteiger partial charge in [-0.15, -0.1) is 0 Å². The van der Waals surface area contributed by atoms with Crippen LogP contribution in [0.1, 0.15) is 21.5 Å². The number of carbonyl (C=O) groups is 1. The van der Waals surface area contributed by atoms with Crippen LogP contribution < -0.4 is 10.9 Å². The molecule has 0 spiro atoms. The summed E-state index contributed by atoms with van der Waals surface area (Å²) in [4.78, 5) is 27.5. The first-order valence-electron chi connectivity index (χ1n) is 7.08. The van der Waals surface area contributed by atoms with E-state index in [1.54, 1.807) is 16.8 Å². The molecule has 112 valence electrons. The van der Waals surface area contributed by atoms with E-state index in [-0.39, 0.29) is 17.0 Å². The quantitative estimate of drug-likeness (QED) is 0.776. The molecule has 0 aliphatic heterocycles. The second-order valence-electron chi connectivity index (χ2n) is 5.30. The number of aromatic amines is 1. The number of amides is 1. The molecule has 0 saturated carbocycles. The van der Waals surface area contributed by atoms with Crippen LogP contribution in [0.25, 0.3) is 10.9 Å². The minimum atomic E-state index is -0.359. The molecule has 0 fully saturated rings. The smallest absolute Gasteiger partial charge is 0.263 e.